The second kappa shape index (κ2) is 20.6. The van der Waals surface area contributed by atoms with Gasteiger partial charge in [-0.2, -0.15) is 29.9 Å². The SMILES string of the molecule is CC(C)(C)OC(=O)Nc1cccc(Nc2nc(NCCO)nc(NCCc3ccc(Nc4nc(NCCO)nc(Nc5cccc(NC(=O)OC(C)(C)C)c5)n4)cc3)n2)c1. The molecule has 0 radical (unpaired) electrons. The van der Waals surface area contributed by atoms with Crippen LogP contribution in [0.25, 0.3) is 0 Å². The maximum atomic E-state index is 12.3. The Hall–Kier alpha value is -7.06. The molecule has 2 aromatic heterocycles. The fourth-order valence-corrected chi connectivity index (χ4v) is 5.15. The Morgan fingerprint density at radius 2 is 0.867 bits per heavy atom. The Bertz CT molecular complexity index is 2200. The summed E-state index contributed by atoms with van der Waals surface area (Å²) in [5, 5.41) is 42.8. The van der Waals surface area contributed by atoms with Gasteiger partial charge in [-0.3, -0.25) is 10.6 Å². The first-order chi connectivity index (χ1) is 28.6. The van der Waals surface area contributed by atoms with Crippen molar-refractivity contribution in [3.05, 3.63) is 78.4 Å². The molecule has 5 rings (SSSR count). The lowest BCUT2D eigenvalue weighted by Gasteiger charge is -2.19. The molecule has 0 saturated carbocycles. The minimum absolute atomic E-state index is 0.112. The van der Waals surface area contributed by atoms with Gasteiger partial charge in [0.05, 0.1) is 13.2 Å². The highest BCUT2D eigenvalue weighted by Crippen LogP contribution is 2.24. The van der Waals surface area contributed by atoms with E-state index in [1.54, 1.807) is 90.1 Å². The molecule has 0 bridgehead atoms. The van der Waals surface area contributed by atoms with Gasteiger partial charge in [0.25, 0.3) is 0 Å². The predicted octanol–water partition coefficient (Wildman–Crippen LogP) is 6.44. The van der Waals surface area contributed by atoms with Gasteiger partial charge in [-0.15, -0.1) is 0 Å². The number of hydrogen-bond acceptors (Lipinski definition) is 18. The molecule has 0 unspecified atom stereocenters. The molecule has 318 valence electrons. The number of nitrogens with one attached hydrogen (secondary N) is 8. The number of anilines is 11. The lowest BCUT2D eigenvalue weighted by atomic mass is 10.1. The van der Waals surface area contributed by atoms with Crippen LogP contribution in [0, 0.1) is 0 Å². The van der Waals surface area contributed by atoms with Crippen molar-refractivity contribution in [2.75, 3.05) is 75.4 Å². The van der Waals surface area contributed by atoms with Gasteiger partial charge in [-0.05, 0) is 102 Å². The van der Waals surface area contributed by atoms with Crippen molar-refractivity contribution >= 4 is 76.3 Å². The van der Waals surface area contributed by atoms with Crippen LogP contribution < -0.4 is 42.5 Å². The average Bonchev–Trinajstić information content (AvgIpc) is 3.15. The second-order valence-corrected chi connectivity index (χ2v) is 15.1. The van der Waals surface area contributed by atoms with E-state index in [0.29, 0.717) is 41.7 Å². The van der Waals surface area contributed by atoms with Crippen LogP contribution in [0.5, 0.6) is 0 Å². The minimum atomic E-state index is -0.643. The Labute approximate surface area is 347 Å². The maximum absolute atomic E-state index is 12.3. The number of carbonyl (C=O) groups excluding carboxylic acids is 2. The molecule has 0 saturated heterocycles. The molecule has 0 aliphatic rings. The summed E-state index contributed by atoms with van der Waals surface area (Å²) in [6.45, 7) is 11.5. The Kier molecular flexibility index (Phi) is 15.1. The summed E-state index contributed by atoms with van der Waals surface area (Å²) in [4.78, 5) is 51.4. The molecule has 20 heteroatoms. The van der Waals surface area contributed by atoms with Crippen molar-refractivity contribution < 1.29 is 29.3 Å². The molecular weight excluding hydrogens is 773 g/mol. The summed E-state index contributed by atoms with van der Waals surface area (Å²) in [6.07, 6.45) is -0.522. The molecule has 2 amide bonds. The van der Waals surface area contributed by atoms with Gasteiger partial charge in [0.1, 0.15) is 11.2 Å². The largest absolute Gasteiger partial charge is 0.444 e. The number of nitrogens with zero attached hydrogens (tertiary/aromatic N) is 6. The molecule has 20 nitrogen and oxygen atoms in total. The van der Waals surface area contributed by atoms with E-state index in [2.05, 4.69) is 72.4 Å². The zero-order valence-electron chi connectivity index (χ0n) is 34.4. The maximum Gasteiger partial charge on any atom is 0.412 e. The van der Waals surface area contributed by atoms with E-state index in [1.807, 2.05) is 24.3 Å². The minimum Gasteiger partial charge on any atom is -0.444 e. The Morgan fingerprint density at radius 1 is 0.500 bits per heavy atom. The molecule has 3 aromatic carbocycles. The first-order valence-electron chi connectivity index (χ1n) is 19.2. The number of aliphatic hydroxyl groups excluding tert-OH is 2. The number of carbonyl (C=O) groups is 2. The van der Waals surface area contributed by atoms with E-state index in [0.717, 1.165) is 11.3 Å². The molecule has 0 fully saturated rings. The predicted molar refractivity (Wildman–Crippen MR) is 232 cm³/mol. The van der Waals surface area contributed by atoms with E-state index in [1.165, 1.54) is 0 Å². The van der Waals surface area contributed by atoms with Gasteiger partial charge in [0.15, 0.2) is 0 Å². The van der Waals surface area contributed by atoms with Crippen LogP contribution in [-0.2, 0) is 15.9 Å². The van der Waals surface area contributed by atoms with Crippen LogP contribution in [-0.4, -0.2) is 96.4 Å². The van der Waals surface area contributed by atoms with Gasteiger partial charge in [-0.1, -0.05) is 24.3 Å². The quantitative estimate of drug-likeness (QED) is 0.0455. The van der Waals surface area contributed by atoms with Crippen LogP contribution in [0.15, 0.2) is 72.8 Å². The van der Waals surface area contributed by atoms with Gasteiger partial charge < -0.3 is 51.6 Å². The summed E-state index contributed by atoms with van der Waals surface area (Å²) in [5.74, 6) is 1.53. The molecule has 0 aliphatic carbocycles. The molecule has 2 heterocycles. The molecular formula is C40H52N14O6. The molecule has 60 heavy (non-hydrogen) atoms. The van der Waals surface area contributed by atoms with Crippen molar-refractivity contribution in [1.82, 2.24) is 29.9 Å². The Balaban J connectivity index is 1.21. The first kappa shape index (κ1) is 44.1. The van der Waals surface area contributed by atoms with Crippen LogP contribution in [0.1, 0.15) is 47.1 Å². The number of rotatable bonds is 18. The van der Waals surface area contributed by atoms with Crippen molar-refractivity contribution in [1.29, 1.82) is 0 Å². The topological polar surface area (TPSA) is 267 Å². The van der Waals surface area contributed by atoms with E-state index < -0.39 is 23.4 Å². The zero-order valence-corrected chi connectivity index (χ0v) is 34.4. The van der Waals surface area contributed by atoms with E-state index in [-0.39, 0.29) is 56.0 Å². The van der Waals surface area contributed by atoms with Crippen LogP contribution in [0.3, 0.4) is 0 Å². The zero-order chi connectivity index (χ0) is 43.1. The first-order valence-corrected chi connectivity index (χ1v) is 19.2. The van der Waals surface area contributed by atoms with Crippen molar-refractivity contribution in [3.63, 3.8) is 0 Å². The van der Waals surface area contributed by atoms with Gasteiger partial charge in [-0.25, -0.2) is 9.59 Å². The van der Waals surface area contributed by atoms with E-state index in [4.69, 9.17) is 9.47 Å². The summed E-state index contributed by atoms with van der Waals surface area (Å²) < 4.78 is 10.7. The second-order valence-electron chi connectivity index (χ2n) is 15.1. The Morgan fingerprint density at radius 3 is 1.28 bits per heavy atom. The molecule has 10 N–H and O–H groups in total. The molecule has 0 atom stereocenters. The smallest absolute Gasteiger partial charge is 0.412 e. The normalized spacial score (nSPS) is 11.2. The number of aliphatic hydroxyl groups is 2. The van der Waals surface area contributed by atoms with Gasteiger partial charge in [0, 0.05) is 48.1 Å². The molecule has 0 aliphatic heterocycles. The van der Waals surface area contributed by atoms with Gasteiger partial charge in [0.2, 0.25) is 35.7 Å². The lowest BCUT2D eigenvalue weighted by molar-refractivity contribution is 0.0624. The number of hydrogen-bond donors (Lipinski definition) is 10. The van der Waals surface area contributed by atoms with Crippen molar-refractivity contribution in [2.24, 2.45) is 0 Å². The fraction of sp³-hybridized carbons (Fsp3) is 0.350. The summed E-state index contributed by atoms with van der Waals surface area (Å²) in [5.41, 5.74) is 2.72. The number of ether oxygens (including phenoxy) is 2. The van der Waals surface area contributed by atoms with Crippen molar-refractivity contribution in [3.8, 4) is 0 Å². The number of benzene rings is 3. The highest BCUT2D eigenvalue weighted by Gasteiger charge is 2.18. The average molecular weight is 825 g/mol. The molecule has 0 spiro atoms. The van der Waals surface area contributed by atoms with E-state index >= 15 is 0 Å². The van der Waals surface area contributed by atoms with Gasteiger partial charge >= 0.3 is 12.2 Å². The summed E-state index contributed by atoms with van der Waals surface area (Å²) in [7, 11) is 0. The third kappa shape index (κ3) is 15.4. The molecule has 5 aromatic rings. The fourth-order valence-electron chi connectivity index (χ4n) is 5.15. The third-order valence-electron chi connectivity index (χ3n) is 7.50. The lowest BCUT2D eigenvalue weighted by Crippen LogP contribution is -2.27. The monoisotopic (exact) mass is 824 g/mol. The van der Waals surface area contributed by atoms with Crippen LogP contribution >= 0.6 is 0 Å². The number of amides is 2. The van der Waals surface area contributed by atoms with Crippen LogP contribution in [0.2, 0.25) is 0 Å². The highest BCUT2D eigenvalue weighted by atomic mass is 16.6. The van der Waals surface area contributed by atoms with Crippen molar-refractivity contribution in [2.45, 2.75) is 59.2 Å². The summed E-state index contributed by atoms with van der Waals surface area (Å²) >= 11 is 0. The third-order valence-corrected chi connectivity index (χ3v) is 7.50. The standard InChI is InChI=1S/C40H52N14O6/c1-39(2,3)59-37(57)47-29-11-7-9-27(23-29)45-35-50-31(49-32(51-35)42-19-21-55)41-18-17-25-13-15-26(16-14-25)44-34-52-33(43-20-22-56)53-36(54-34)46-28-10-8-12-30(24-28)48-38(58)60-40(4,5)6/h7-16,23-24,55-56H,17-22H2,1-6H3,(H,47,57)(H,48,58)(H3,41,42,45,49,50,51)(H3,43,44,46,52,53,54). The highest BCUT2D eigenvalue weighted by molar-refractivity contribution is 5.86. The number of aromatic nitrogens is 6. The summed E-state index contributed by atoms with van der Waals surface area (Å²) in [6, 6.07) is 21.8. The van der Waals surface area contributed by atoms with E-state index in [9.17, 15) is 19.8 Å². The van der Waals surface area contributed by atoms with Crippen LogP contribution in [0.4, 0.5) is 73.7 Å².